The van der Waals surface area contributed by atoms with Crippen LogP contribution in [0.2, 0.25) is 0 Å². The third kappa shape index (κ3) is 3.27. The number of aromatic nitrogens is 2. The smallest absolute Gasteiger partial charge is 0.267 e. The molecule has 114 valence electrons. The molecule has 0 atom stereocenters. The molecule has 1 aliphatic carbocycles. The Morgan fingerprint density at radius 1 is 1.27 bits per heavy atom. The first-order chi connectivity index (χ1) is 10.6. The number of carbonyl (C=O) groups excluding carboxylic acids is 1. The minimum Gasteiger partial charge on any atom is -0.323 e. The summed E-state index contributed by atoms with van der Waals surface area (Å²) in [5.74, 6) is -0.266. The van der Waals surface area contributed by atoms with Gasteiger partial charge in [-0.15, -0.1) is 0 Å². The zero-order valence-corrected chi connectivity index (χ0v) is 13.6. The van der Waals surface area contributed by atoms with E-state index in [1.807, 2.05) is 18.2 Å². The number of carbonyl (C=O) groups is 1. The summed E-state index contributed by atoms with van der Waals surface area (Å²) < 4.78 is 2.05. The molecule has 5 nitrogen and oxygen atoms in total. The summed E-state index contributed by atoms with van der Waals surface area (Å²) in [5, 5.41) is 7.13. The molecule has 0 spiro atoms. The molecule has 0 fully saturated rings. The van der Waals surface area contributed by atoms with Gasteiger partial charge in [0.25, 0.3) is 5.56 Å². The van der Waals surface area contributed by atoms with Crippen molar-refractivity contribution in [2.24, 2.45) is 0 Å². The zero-order valence-electron chi connectivity index (χ0n) is 12.0. The van der Waals surface area contributed by atoms with E-state index in [1.165, 1.54) is 4.68 Å². The molecule has 0 saturated heterocycles. The summed E-state index contributed by atoms with van der Waals surface area (Å²) in [6.45, 7) is -0.0759. The van der Waals surface area contributed by atoms with Crippen LogP contribution in [0.5, 0.6) is 0 Å². The number of hydrogen-bond donors (Lipinski definition) is 1. The maximum absolute atomic E-state index is 12.1. The highest BCUT2D eigenvalue weighted by Crippen LogP contribution is 2.21. The van der Waals surface area contributed by atoms with Gasteiger partial charge in [0, 0.05) is 10.5 Å². The number of anilines is 1. The van der Waals surface area contributed by atoms with Gasteiger partial charge < -0.3 is 5.32 Å². The number of aryl methyl sites for hydroxylation is 2. The normalized spacial score (nSPS) is 13.5. The van der Waals surface area contributed by atoms with Crippen molar-refractivity contribution in [2.75, 3.05) is 5.32 Å². The number of fused-ring (bicyclic) bond motifs is 1. The molecule has 1 N–H and O–H groups in total. The lowest BCUT2D eigenvalue weighted by Gasteiger charge is -2.15. The first kappa shape index (κ1) is 15.0. The second kappa shape index (κ2) is 6.44. The summed E-state index contributed by atoms with van der Waals surface area (Å²) >= 11 is 3.38. The number of rotatable bonds is 3. The number of para-hydroxylation sites is 1. The van der Waals surface area contributed by atoms with E-state index >= 15 is 0 Å². The minimum atomic E-state index is -0.266. The number of hydrogen-bond acceptors (Lipinski definition) is 3. The summed E-state index contributed by atoms with van der Waals surface area (Å²) in [7, 11) is 0. The van der Waals surface area contributed by atoms with Gasteiger partial charge in [-0.25, -0.2) is 4.68 Å². The van der Waals surface area contributed by atoms with Crippen LogP contribution in [0.15, 0.2) is 39.6 Å². The van der Waals surface area contributed by atoms with Crippen LogP contribution in [0.25, 0.3) is 0 Å². The molecule has 0 bridgehead atoms. The van der Waals surface area contributed by atoms with Gasteiger partial charge >= 0.3 is 0 Å². The van der Waals surface area contributed by atoms with Crippen molar-refractivity contribution in [1.82, 2.24) is 9.78 Å². The predicted molar refractivity (Wildman–Crippen MR) is 87.9 cm³/mol. The quantitative estimate of drug-likeness (QED) is 0.913. The van der Waals surface area contributed by atoms with Gasteiger partial charge in [0.1, 0.15) is 6.54 Å². The van der Waals surface area contributed by atoms with Crippen LogP contribution in [0.3, 0.4) is 0 Å². The van der Waals surface area contributed by atoms with Gasteiger partial charge in [0.15, 0.2) is 0 Å². The predicted octanol–water partition coefficient (Wildman–Crippen LogP) is 2.52. The van der Waals surface area contributed by atoms with Crippen molar-refractivity contribution < 1.29 is 4.79 Å². The molecule has 1 aromatic carbocycles. The van der Waals surface area contributed by atoms with Crippen LogP contribution >= 0.6 is 15.9 Å². The van der Waals surface area contributed by atoms with Crippen molar-refractivity contribution in [1.29, 1.82) is 0 Å². The van der Waals surface area contributed by atoms with Crippen LogP contribution in [-0.4, -0.2) is 15.7 Å². The molecule has 6 heteroatoms. The van der Waals surface area contributed by atoms with E-state index in [0.29, 0.717) is 5.69 Å². The highest BCUT2D eigenvalue weighted by Gasteiger charge is 2.15. The van der Waals surface area contributed by atoms with E-state index in [1.54, 1.807) is 12.1 Å². The van der Waals surface area contributed by atoms with Crippen molar-refractivity contribution in [2.45, 2.75) is 32.2 Å². The summed E-state index contributed by atoms with van der Waals surface area (Å²) in [4.78, 5) is 24.2. The van der Waals surface area contributed by atoms with Crippen LogP contribution in [0.1, 0.15) is 24.1 Å². The highest BCUT2D eigenvalue weighted by molar-refractivity contribution is 9.10. The van der Waals surface area contributed by atoms with Crippen LogP contribution in [0, 0.1) is 0 Å². The number of amides is 1. The molecule has 0 saturated carbocycles. The molecule has 0 unspecified atom stereocenters. The Hall–Kier alpha value is -1.95. The maximum Gasteiger partial charge on any atom is 0.267 e. The third-order valence-electron chi connectivity index (χ3n) is 3.72. The van der Waals surface area contributed by atoms with Crippen LogP contribution in [0.4, 0.5) is 5.69 Å². The van der Waals surface area contributed by atoms with Gasteiger partial charge in [0.05, 0.1) is 11.4 Å². The fraction of sp³-hybridized carbons (Fsp3) is 0.312. The Kier molecular flexibility index (Phi) is 4.38. The second-order valence-electron chi connectivity index (χ2n) is 5.35. The first-order valence-corrected chi connectivity index (χ1v) is 8.07. The molecule has 0 radical (unpaired) electrons. The van der Waals surface area contributed by atoms with Crippen LogP contribution < -0.4 is 10.9 Å². The van der Waals surface area contributed by atoms with Crippen molar-refractivity contribution >= 4 is 27.5 Å². The number of nitrogens with one attached hydrogen (secondary N) is 1. The van der Waals surface area contributed by atoms with Gasteiger partial charge in [0.2, 0.25) is 5.91 Å². The van der Waals surface area contributed by atoms with E-state index < -0.39 is 0 Å². The van der Waals surface area contributed by atoms with E-state index in [9.17, 15) is 9.59 Å². The standard InChI is InChI=1S/C16H16BrN3O2/c17-12-6-2-4-8-14(12)18-15(21)10-20-16(22)9-11-5-1-3-7-13(11)19-20/h2,4,6,8-9H,1,3,5,7,10H2,(H,18,21). The third-order valence-corrected chi connectivity index (χ3v) is 4.41. The molecule has 22 heavy (non-hydrogen) atoms. The maximum atomic E-state index is 12.1. The van der Waals surface area contributed by atoms with Crippen LogP contribution in [-0.2, 0) is 24.2 Å². The van der Waals surface area contributed by atoms with E-state index in [4.69, 9.17) is 0 Å². The lowest BCUT2D eigenvalue weighted by molar-refractivity contribution is -0.117. The molecule has 3 rings (SSSR count). The number of benzene rings is 1. The summed E-state index contributed by atoms with van der Waals surface area (Å²) in [5.41, 5.74) is 2.43. The van der Waals surface area contributed by atoms with E-state index in [2.05, 4.69) is 26.3 Å². The zero-order chi connectivity index (χ0) is 15.5. The van der Waals surface area contributed by atoms with Gasteiger partial charge in [-0.2, -0.15) is 5.10 Å². The fourth-order valence-electron chi connectivity index (χ4n) is 2.60. The first-order valence-electron chi connectivity index (χ1n) is 7.28. The average molecular weight is 362 g/mol. The molecule has 2 aromatic rings. The minimum absolute atomic E-state index is 0.0759. The molecular formula is C16H16BrN3O2. The Balaban J connectivity index is 1.77. The molecule has 1 aliphatic rings. The van der Waals surface area contributed by atoms with Gasteiger partial charge in [-0.3, -0.25) is 9.59 Å². The Morgan fingerprint density at radius 3 is 2.86 bits per heavy atom. The monoisotopic (exact) mass is 361 g/mol. The highest BCUT2D eigenvalue weighted by atomic mass is 79.9. The molecule has 1 amide bonds. The number of nitrogens with zero attached hydrogens (tertiary/aromatic N) is 2. The van der Waals surface area contributed by atoms with Crippen molar-refractivity contribution in [3.63, 3.8) is 0 Å². The molecule has 1 aromatic heterocycles. The Labute approximate surface area is 136 Å². The lowest BCUT2D eigenvalue weighted by Crippen LogP contribution is -2.31. The Bertz CT molecular complexity index is 770. The molecular weight excluding hydrogens is 346 g/mol. The topological polar surface area (TPSA) is 64.0 Å². The lowest BCUT2D eigenvalue weighted by atomic mass is 9.97. The van der Waals surface area contributed by atoms with Crippen molar-refractivity contribution in [3.8, 4) is 0 Å². The largest absolute Gasteiger partial charge is 0.323 e. The Morgan fingerprint density at radius 2 is 2.05 bits per heavy atom. The SMILES string of the molecule is O=C(Cn1nc2c(cc1=O)CCCC2)Nc1ccccc1Br. The fourth-order valence-corrected chi connectivity index (χ4v) is 2.99. The average Bonchev–Trinajstić information content (AvgIpc) is 2.50. The molecule has 0 aliphatic heterocycles. The van der Waals surface area contributed by atoms with Gasteiger partial charge in [-0.05, 0) is 59.3 Å². The summed E-state index contributed by atoms with van der Waals surface area (Å²) in [6.07, 6.45) is 3.96. The van der Waals surface area contributed by atoms with E-state index in [0.717, 1.165) is 41.4 Å². The second-order valence-corrected chi connectivity index (χ2v) is 6.20. The van der Waals surface area contributed by atoms with Gasteiger partial charge in [-0.1, -0.05) is 12.1 Å². The molecule has 1 heterocycles. The number of halogens is 1. The summed E-state index contributed by atoms with van der Waals surface area (Å²) in [6, 6.07) is 8.97. The van der Waals surface area contributed by atoms with E-state index in [-0.39, 0.29) is 18.0 Å². The van der Waals surface area contributed by atoms with Crippen molar-refractivity contribution in [3.05, 3.63) is 56.4 Å².